The number of nitrogens with zero attached hydrogens (tertiary/aromatic N) is 2. The van der Waals surface area contributed by atoms with Gasteiger partial charge in [-0.1, -0.05) is 6.92 Å². The summed E-state index contributed by atoms with van der Waals surface area (Å²) in [6.07, 6.45) is 6.53. The molecule has 4 unspecified atom stereocenters. The summed E-state index contributed by atoms with van der Waals surface area (Å²) in [5.74, 6) is 1.12. The molecule has 0 radical (unpaired) electrons. The van der Waals surface area contributed by atoms with Gasteiger partial charge >= 0.3 is 0 Å². The van der Waals surface area contributed by atoms with Crippen molar-refractivity contribution < 1.29 is 0 Å². The molecule has 1 aromatic heterocycles. The molecule has 0 spiro atoms. The van der Waals surface area contributed by atoms with Crippen LogP contribution in [-0.4, -0.2) is 22.6 Å². The van der Waals surface area contributed by atoms with Crippen LogP contribution >= 0.6 is 0 Å². The Morgan fingerprint density at radius 3 is 2.69 bits per heavy atom. The molecule has 0 aliphatic carbocycles. The van der Waals surface area contributed by atoms with Crippen LogP contribution in [0.4, 0.5) is 0 Å². The fraction of sp³-hybridized carbons (Fsp3) is 0.667. The Morgan fingerprint density at radius 2 is 2.06 bits per heavy atom. The lowest BCUT2D eigenvalue weighted by Crippen LogP contribution is -2.46. The van der Waals surface area contributed by atoms with Crippen LogP contribution in [0.15, 0.2) is 18.7 Å². The summed E-state index contributed by atoms with van der Waals surface area (Å²) < 4.78 is 0. The second kappa shape index (κ2) is 4.89. The lowest BCUT2D eigenvalue weighted by Gasteiger charge is -2.40. The highest BCUT2D eigenvalue weighted by molar-refractivity contribution is 5.13. The molecule has 2 rings (SSSR count). The van der Waals surface area contributed by atoms with Crippen LogP contribution < -0.4 is 11.1 Å². The van der Waals surface area contributed by atoms with E-state index in [0.29, 0.717) is 30.5 Å². The Bertz CT molecular complexity index is 327. The van der Waals surface area contributed by atoms with Crippen molar-refractivity contribution in [3.63, 3.8) is 0 Å². The molecule has 0 saturated carbocycles. The predicted octanol–water partition coefficient (Wildman–Crippen LogP) is 1.11. The molecule has 2 heterocycles. The second-order valence-corrected chi connectivity index (χ2v) is 4.83. The third-order valence-corrected chi connectivity index (χ3v) is 3.56. The number of nitrogens with two attached hydrogens (primary N) is 1. The van der Waals surface area contributed by atoms with E-state index in [1.165, 1.54) is 6.42 Å². The summed E-state index contributed by atoms with van der Waals surface area (Å²) in [6.45, 7) is 5.21. The van der Waals surface area contributed by atoms with Gasteiger partial charge in [0.15, 0.2) is 0 Å². The van der Waals surface area contributed by atoms with E-state index in [0.717, 1.165) is 5.56 Å². The van der Waals surface area contributed by atoms with Crippen LogP contribution in [0.2, 0.25) is 0 Å². The Kier molecular flexibility index (Phi) is 3.51. The molecule has 3 N–H and O–H groups in total. The lowest BCUT2D eigenvalue weighted by molar-refractivity contribution is 0.174. The largest absolute Gasteiger partial charge is 0.330 e. The minimum Gasteiger partial charge on any atom is -0.330 e. The average molecular weight is 220 g/mol. The molecule has 0 aromatic carbocycles. The van der Waals surface area contributed by atoms with Gasteiger partial charge < -0.3 is 11.1 Å². The summed E-state index contributed by atoms with van der Waals surface area (Å²) in [5.41, 5.74) is 7.04. The van der Waals surface area contributed by atoms with Gasteiger partial charge in [-0.15, -0.1) is 0 Å². The minimum absolute atomic E-state index is 0.296. The van der Waals surface area contributed by atoms with E-state index >= 15 is 0 Å². The minimum atomic E-state index is 0.296. The number of rotatable bonds is 2. The Balaban J connectivity index is 2.23. The van der Waals surface area contributed by atoms with Crippen molar-refractivity contribution >= 4 is 0 Å². The van der Waals surface area contributed by atoms with Gasteiger partial charge in [-0.3, -0.25) is 0 Å². The molecule has 16 heavy (non-hydrogen) atoms. The van der Waals surface area contributed by atoms with Crippen molar-refractivity contribution in [1.82, 2.24) is 15.3 Å². The number of aromatic nitrogens is 2. The molecule has 0 amide bonds. The second-order valence-electron chi connectivity index (χ2n) is 4.83. The molecule has 1 aliphatic heterocycles. The van der Waals surface area contributed by atoms with Crippen LogP contribution in [0.5, 0.6) is 0 Å². The van der Waals surface area contributed by atoms with Crippen molar-refractivity contribution in [2.75, 3.05) is 6.54 Å². The standard InChI is InChI=1S/C12H20N4/c1-8-3-9(2)16-12(11(8)4-13)10-5-14-7-15-6-10/h5-9,11-12,16H,3-4,13H2,1-2H3. The van der Waals surface area contributed by atoms with E-state index in [4.69, 9.17) is 5.73 Å². The number of nitrogens with one attached hydrogen (secondary N) is 1. The molecule has 4 nitrogen and oxygen atoms in total. The SMILES string of the molecule is CC1CC(C)C(CN)C(c2cncnc2)N1. The number of piperidine rings is 1. The molecule has 4 heteroatoms. The third kappa shape index (κ3) is 2.23. The zero-order chi connectivity index (χ0) is 11.5. The molecule has 4 atom stereocenters. The Hall–Kier alpha value is -1.00. The molecule has 1 aromatic rings. The van der Waals surface area contributed by atoms with Crippen molar-refractivity contribution in [2.45, 2.75) is 32.4 Å². The van der Waals surface area contributed by atoms with Gasteiger partial charge in [-0.25, -0.2) is 9.97 Å². The molecule has 1 aliphatic rings. The summed E-state index contributed by atoms with van der Waals surface area (Å²) >= 11 is 0. The van der Waals surface area contributed by atoms with Gasteiger partial charge in [0.2, 0.25) is 0 Å². The quantitative estimate of drug-likeness (QED) is 0.783. The number of hydrogen-bond donors (Lipinski definition) is 2. The van der Waals surface area contributed by atoms with E-state index < -0.39 is 0 Å². The zero-order valence-corrected chi connectivity index (χ0v) is 9.93. The highest BCUT2D eigenvalue weighted by Crippen LogP contribution is 2.34. The topological polar surface area (TPSA) is 63.8 Å². The number of hydrogen-bond acceptors (Lipinski definition) is 4. The molecule has 1 saturated heterocycles. The van der Waals surface area contributed by atoms with Crippen LogP contribution in [0, 0.1) is 11.8 Å². The first kappa shape index (κ1) is 11.5. The van der Waals surface area contributed by atoms with Gasteiger partial charge in [0, 0.05) is 30.0 Å². The normalized spacial score (nSPS) is 34.9. The summed E-state index contributed by atoms with van der Waals surface area (Å²) in [4.78, 5) is 8.17. The van der Waals surface area contributed by atoms with Crippen LogP contribution in [0.1, 0.15) is 31.9 Å². The van der Waals surface area contributed by atoms with Crippen molar-refractivity contribution in [3.8, 4) is 0 Å². The van der Waals surface area contributed by atoms with Gasteiger partial charge in [0.05, 0.1) is 0 Å². The van der Waals surface area contributed by atoms with E-state index in [2.05, 4.69) is 29.1 Å². The fourth-order valence-electron chi connectivity index (χ4n) is 2.74. The maximum absolute atomic E-state index is 5.89. The third-order valence-electron chi connectivity index (χ3n) is 3.56. The van der Waals surface area contributed by atoms with Gasteiger partial charge in [0.25, 0.3) is 0 Å². The zero-order valence-electron chi connectivity index (χ0n) is 9.93. The maximum atomic E-state index is 5.89. The molecule has 0 bridgehead atoms. The predicted molar refractivity (Wildman–Crippen MR) is 63.7 cm³/mol. The lowest BCUT2D eigenvalue weighted by atomic mass is 9.77. The Labute approximate surface area is 96.7 Å². The van der Waals surface area contributed by atoms with E-state index in [9.17, 15) is 0 Å². The van der Waals surface area contributed by atoms with Gasteiger partial charge in [-0.05, 0) is 31.7 Å². The monoisotopic (exact) mass is 220 g/mol. The summed E-state index contributed by atoms with van der Waals surface area (Å²) in [6, 6.07) is 0.827. The Morgan fingerprint density at radius 1 is 1.38 bits per heavy atom. The fourth-order valence-corrected chi connectivity index (χ4v) is 2.74. The molecule has 1 fully saturated rings. The highest BCUT2D eigenvalue weighted by Gasteiger charge is 2.33. The average Bonchev–Trinajstić information content (AvgIpc) is 2.29. The van der Waals surface area contributed by atoms with Crippen molar-refractivity contribution in [1.29, 1.82) is 0 Å². The van der Waals surface area contributed by atoms with Crippen molar-refractivity contribution in [2.24, 2.45) is 17.6 Å². The molecule has 88 valence electrons. The van der Waals surface area contributed by atoms with Crippen molar-refractivity contribution in [3.05, 3.63) is 24.3 Å². The highest BCUT2D eigenvalue weighted by atomic mass is 15.0. The summed E-state index contributed by atoms with van der Waals surface area (Å²) in [5, 5.41) is 3.60. The first-order valence-electron chi connectivity index (χ1n) is 5.93. The molecular formula is C12H20N4. The maximum Gasteiger partial charge on any atom is 0.115 e. The first-order valence-corrected chi connectivity index (χ1v) is 5.93. The first-order chi connectivity index (χ1) is 7.72. The smallest absolute Gasteiger partial charge is 0.115 e. The van der Waals surface area contributed by atoms with E-state index in [1.807, 2.05) is 12.4 Å². The molecular weight excluding hydrogens is 200 g/mol. The van der Waals surface area contributed by atoms with Crippen LogP contribution in [0.3, 0.4) is 0 Å². The summed E-state index contributed by atoms with van der Waals surface area (Å²) in [7, 11) is 0. The van der Waals surface area contributed by atoms with Crippen LogP contribution in [0.25, 0.3) is 0 Å². The van der Waals surface area contributed by atoms with E-state index in [-0.39, 0.29) is 0 Å². The van der Waals surface area contributed by atoms with Crippen LogP contribution in [-0.2, 0) is 0 Å². The van der Waals surface area contributed by atoms with Gasteiger partial charge in [-0.2, -0.15) is 0 Å². The van der Waals surface area contributed by atoms with Gasteiger partial charge in [0.1, 0.15) is 6.33 Å². The van der Waals surface area contributed by atoms with E-state index in [1.54, 1.807) is 6.33 Å².